The van der Waals surface area contributed by atoms with Gasteiger partial charge in [0.1, 0.15) is 5.75 Å². The lowest BCUT2D eigenvalue weighted by atomic mass is 9.99. The minimum atomic E-state index is 0.0310. The second kappa shape index (κ2) is 5.29. The van der Waals surface area contributed by atoms with Crippen molar-refractivity contribution in [1.29, 1.82) is 0 Å². The predicted molar refractivity (Wildman–Crippen MR) is 86.3 cm³/mol. The molecule has 22 heavy (non-hydrogen) atoms. The Hall–Kier alpha value is -2.07. The van der Waals surface area contributed by atoms with Crippen LogP contribution >= 0.6 is 0 Å². The number of ether oxygens (including phenoxy) is 1. The zero-order chi connectivity index (χ0) is 15.1. The number of carbonyl (C=O) groups excluding carboxylic acids is 1. The first-order chi connectivity index (χ1) is 10.7. The van der Waals surface area contributed by atoms with Crippen molar-refractivity contribution < 1.29 is 9.53 Å². The van der Waals surface area contributed by atoms with Gasteiger partial charge in [0.05, 0.1) is 7.11 Å². The summed E-state index contributed by atoms with van der Waals surface area (Å²) in [7, 11) is 1.67. The lowest BCUT2D eigenvalue weighted by molar-refractivity contribution is 0.0924. The van der Waals surface area contributed by atoms with Crippen LogP contribution in [0.5, 0.6) is 5.75 Å². The maximum absolute atomic E-state index is 12.5. The first kappa shape index (κ1) is 13.6. The van der Waals surface area contributed by atoms with Crippen molar-refractivity contribution >= 4 is 16.7 Å². The first-order valence-corrected chi connectivity index (χ1v) is 7.84. The molecular weight excluding hydrogens is 276 g/mol. The number of hydrogen-bond donors (Lipinski definition) is 1. The molecule has 2 bridgehead atoms. The molecule has 4 heteroatoms. The summed E-state index contributed by atoms with van der Waals surface area (Å²) in [4.78, 5) is 14.9. The van der Waals surface area contributed by atoms with Crippen LogP contribution in [-0.2, 0) is 0 Å². The summed E-state index contributed by atoms with van der Waals surface area (Å²) in [5.74, 6) is 1.50. The van der Waals surface area contributed by atoms with Crippen molar-refractivity contribution in [1.82, 2.24) is 10.2 Å². The van der Waals surface area contributed by atoms with Gasteiger partial charge in [0.2, 0.25) is 0 Å². The van der Waals surface area contributed by atoms with Gasteiger partial charge in [0.15, 0.2) is 0 Å². The van der Waals surface area contributed by atoms with Crippen molar-refractivity contribution in [2.45, 2.75) is 12.5 Å². The van der Waals surface area contributed by atoms with Gasteiger partial charge < -0.3 is 15.0 Å². The third-order valence-corrected chi connectivity index (χ3v) is 4.97. The number of hydrogen-bond acceptors (Lipinski definition) is 3. The van der Waals surface area contributed by atoms with Crippen LogP contribution in [0.1, 0.15) is 16.8 Å². The Morgan fingerprint density at radius 2 is 2.18 bits per heavy atom. The molecule has 2 aliphatic heterocycles. The molecule has 2 unspecified atom stereocenters. The molecule has 4 nitrogen and oxygen atoms in total. The fraction of sp³-hybridized carbons (Fsp3) is 0.389. The quantitative estimate of drug-likeness (QED) is 0.945. The fourth-order valence-electron chi connectivity index (χ4n) is 3.77. The molecule has 0 aliphatic carbocycles. The van der Waals surface area contributed by atoms with Crippen molar-refractivity contribution in [2.75, 3.05) is 26.7 Å². The predicted octanol–water partition coefficient (Wildman–Crippen LogP) is 2.28. The van der Waals surface area contributed by atoms with Crippen molar-refractivity contribution in [3.05, 3.63) is 42.0 Å². The van der Waals surface area contributed by atoms with Gasteiger partial charge in [0.25, 0.3) is 5.91 Å². The van der Waals surface area contributed by atoms with Crippen LogP contribution in [0.25, 0.3) is 10.8 Å². The maximum Gasteiger partial charge on any atom is 0.251 e. The zero-order valence-electron chi connectivity index (χ0n) is 12.7. The number of nitrogens with zero attached hydrogens (tertiary/aromatic N) is 1. The van der Waals surface area contributed by atoms with E-state index in [2.05, 4.69) is 10.2 Å². The first-order valence-electron chi connectivity index (χ1n) is 7.84. The van der Waals surface area contributed by atoms with Crippen molar-refractivity contribution in [3.8, 4) is 5.75 Å². The minimum Gasteiger partial charge on any atom is -0.496 e. The van der Waals surface area contributed by atoms with E-state index in [0.29, 0.717) is 12.0 Å². The summed E-state index contributed by atoms with van der Waals surface area (Å²) < 4.78 is 5.36. The minimum absolute atomic E-state index is 0.0310. The number of methoxy groups -OCH3 is 1. The van der Waals surface area contributed by atoms with Gasteiger partial charge in [-0.1, -0.05) is 12.1 Å². The molecule has 0 spiro atoms. The second-order valence-corrected chi connectivity index (χ2v) is 6.28. The summed E-state index contributed by atoms with van der Waals surface area (Å²) in [6.07, 6.45) is 1.21. The van der Waals surface area contributed by atoms with Crippen LogP contribution in [0.2, 0.25) is 0 Å². The number of amides is 1. The Morgan fingerprint density at radius 3 is 2.91 bits per heavy atom. The average Bonchev–Trinajstić information content (AvgIpc) is 3.16. The van der Waals surface area contributed by atoms with Crippen LogP contribution in [0.15, 0.2) is 36.4 Å². The van der Waals surface area contributed by atoms with Gasteiger partial charge in [-0.2, -0.15) is 0 Å². The van der Waals surface area contributed by atoms with Crippen LogP contribution < -0.4 is 10.1 Å². The Bertz CT molecular complexity index is 728. The normalized spacial score (nSPS) is 26.3. The third kappa shape index (κ3) is 2.24. The van der Waals surface area contributed by atoms with E-state index >= 15 is 0 Å². The molecular formula is C18H20N2O2. The Kier molecular flexibility index (Phi) is 3.26. The van der Waals surface area contributed by atoms with E-state index < -0.39 is 0 Å². The molecule has 1 amide bonds. The zero-order valence-corrected chi connectivity index (χ0v) is 12.7. The average molecular weight is 296 g/mol. The molecule has 0 saturated carbocycles. The summed E-state index contributed by atoms with van der Waals surface area (Å²) in [6.45, 7) is 3.32. The molecule has 0 aromatic heterocycles. The molecule has 4 rings (SSSR count). The van der Waals surface area contributed by atoms with E-state index in [0.717, 1.165) is 35.2 Å². The highest BCUT2D eigenvalue weighted by atomic mass is 16.5. The van der Waals surface area contributed by atoms with Crippen LogP contribution in [0.4, 0.5) is 0 Å². The standard InChI is InChI=1S/C18H20N2O2/c1-22-17-4-2-3-12-9-13(5-6-15(12)17)18(21)19-16-11-20-8-7-14(16)10-20/h2-6,9,14,16H,7-8,10-11H2,1H3,(H,19,21)/t14-,16?/m0/s1. The van der Waals surface area contributed by atoms with E-state index in [1.165, 1.54) is 13.0 Å². The van der Waals surface area contributed by atoms with Crippen LogP contribution in [0, 0.1) is 5.92 Å². The fourth-order valence-corrected chi connectivity index (χ4v) is 3.77. The van der Waals surface area contributed by atoms with Gasteiger partial charge in [-0.3, -0.25) is 4.79 Å². The molecule has 2 aromatic carbocycles. The summed E-state index contributed by atoms with van der Waals surface area (Å²) in [5.41, 5.74) is 0.721. The number of piperidine rings is 1. The molecule has 3 atom stereocenters. The molecule has 1 N–H and O–H groups in total. The molecule has 2 fully saturated rings. The molecule has 2 saturated heterocycles. The number of rotatable bonds is 3. The highest BCUT2D eigenvalue weighted by Gasteiger charge is 2.38. The molecule has 2 aliphatic rings. The van der Waals surface area contributed by atoms with E-state index in [1.807, 2.05) is 36.4 Å². The highest BCUT2D eigenvalue weighted by molar-refractivity contribution is 6.00. The van der Waals surface area contributed by atoms with Gasteiger partial charge in [-0.05, 0) is 48.5 Å². The number of nitrogens with one attached hydrogen (secondary N) is 1. The second-order valence-electron chi connectivity index (χ2n) is 6.28. The molecule has 2 heterocycles. The lowest BCUT2D eigenvalue weighted by Gasteiger charge is -2.23. The van der Waals surface area contributed by atoms with E-state index in [-0.39, 0.29) is 5.91 Å². The molecule has 0 radical (unpaired) electrons. The van der Waals surface area contributed by atoms with Crippen molar-refractivity contribution in [2.24, 2.45) is 5.92 Å². The Morgan fingerprint density at radius 1 is 1.27 bits per heavy atom. The highest BCUT2D eigenvalue weighted by Crippen LogP contribution is 2.29. The maximum atomic E-state index is 12.5. The number of fused-ring (bicyclic) bond motifs is 3. The van der Waals surface area contributed by atoms with Gasteiger partial charge >= 0.3 is 0 Å². The van der Waals surface area contributed by atoms with E-state index in [4.69, 9.17) is 4.74 Å². The summed E-state index contributed by atoms with van der Waals surface area (Å²) >= 11 is 0. The number of carbonyl (C=O) groups is 1. The monoisotopic (exact) mass is 296 g/mol. The van der Waals surface area contributed by atoms with Crippen molar-refractivity contribution in [3.63, 3.8) is 0 Å². The third-order valence-electron chi connectivity index (χ3n) is 4.97. The summed E-state index contributed by atoms with van der Waals surface area (Å²) in [5, 5.41) is 5.27. The van der Waals surface area contributed by atoms with Crippen LogP contribution in [-0.4, -0.2) is 43.6 Å². The van der Waals surface area contributed by atoms with Gasteiger partial charge in [-0.25, -0.2) is 0 Å². The van der Waals surface area contributed by atoms with E-state index in [9.17, 15) is 4.79 Å². The topological polar surface area (TPSA) is 41.6 Å². The lowest BCUT2D eigenvalue weighted by Crippen LogP contribution is -2.43. The van der Waals surface area contributed by atoms with Gasteiger partial charge in [-0.15, -0.1) is 0 Å². The van der Waals surface area contributed by atoms with Gasteiger partial charge in [0, 0.05) is 30.1 Å². The largest absolute Gasteiger partial charge is 0.496 e. The Labute approximate surface area is 130 Å². The van der Waals surface area contributed by atoms with E-state index in [1.54, 1.807) is 7.11 Å². The van der Waals surface area contributed by atoms with Crippen LogP contribution in [0.3, 0.4) is 0 Å². The molecule has 114 valence electrons. The number of benzene rings is 2. The summed E-state index contributed by atoms with van der Waals surface area (Å²) in [6, 6.07) is 12.0. The SMILES string of the molecule is COc1cccc2cc(C(=O)NC3CN4CC[C@H]3C4)ccc12. The smallest absolute Gasteiger partial charge is 0.251 e. The molecule has 2 aromatic rings. The Balaban J connectivity index is 1.57.